The SMILES string of the molecule is CCCCc1ccc(C[C@@H](Oc2ccc3ccccc3c2)C(=O)O)cc1. The summed E-state index contributed by atoms with van der Waals surface area (Å²) >= 11 is 0. The monoisotopic (exact) mass is 348 g/mol. The van der Waals surface area contributed by atoms with Gasteiger partial charge in [-0.1, -0.05) is 67.9 Å². The van der Waals surface area contributed by atoms with E-state index in [0.29, 0.717) is 12.2 Å². The van der Waals surface area contributed by atoms with Crippen molar-refractivity contribution in [3.63, 3.8) is 0 Å². The van der Waals surface area contributed by atoms with Crippen molar-refractivity contribution in [2.45, 2.75) is 38.7 Å². The van der Waals surface area contributed by atoms with Gasteiger partial charge in [0.05, 0.1) is 0 Å². The Morgan fingerprint density at radius 3 is 2.35 bits per heavy atom. The number of carboxylic acid groups (broad SMARTS) is 1. The summed E-state index contributed by atoms with van der Waals surface area (Å²) < 4.78 is 5.78. The van der Waals surface area contributed by atoms with Gasteiger partial charge in [-0.3, -0.25) is 0 Å². The molecule has 0 radical (unpaired) electrons. The Kier molecular flexibility index (Phi) is 5.90. The third-order valence-electron chi connectivity index (χ3n) is 4.54. The van der Waals surface area contributed by atoms with Gasteiger partial charge in [0.2, 0.25) is 0 Å². The Balaban J connectivity index is 1.71. The Morgan fingerprint density at radius 2 is 1.65 bits per heavy atom. The first-order valence-corrected chi connectivity index (χ1v) is 9.12. The smallest absolute Gasteiger partial charge is 0.345 e. The molecule has 1 atom stereocenters. The average molecular weight is 348 g/mol. The predicted molar refractivity (Wildman–Crippen MR) is 105 cm³/mol. The summed E-state index contributed by atoms with van der Waals surface area (Å²) in [6.45, 7) is 2.18. The van der Waals surface area contributed by atoms with Crippen LogP contribution in [0.4, 0.5) is 0 Å². The van der Waals surface area contributed by atoms with E-state index in [1.807, 2.05) is 54.6 Å². The van der Waals surface area contributed by atoms with E-state index in [9.17, 15) is 9.90 Å². The lowest BCUT2D eigenvalue weighted by molar-refractivity contribution is -0.145. The van der Waals surface area contributed by atoms with Crippen LogP contribution < -0.4 is 4.74 Å². The normalized spacial score (nSPS) is 12.0. The molecule has 0 aliphatic heterocycles. The van der Waals surface area contributed by atoms with Crippen molar-refractivity contribution in [3.8, 4) is 5.75 Å². The van der Waals surface area contributed by atoms with Crippen LogP contribution in [0.25, 0.3) is 10.8 Å². The van der Waals surface area contributed by atoms with Gasteiger partial charge < -0.3 is 9.84 Å². The molecule has 0 amide bonds. The van der Waals surface area contributed by atoms with Crippen molar-refractivity contribution in [1.29, 1.82) is 0 Å². The van der Waals surface area contributed by atoms with Gasteiger partial charge in [0.15, 0.2) is 6.10 Å². The lowest BCUT2D eigenvalue weighted by Crippen LogP contribution is -2.29. The molecule has 26 heavy (non-hydrogen) atoms. The zero-order chi connectivity index (χ0) is 18.4. The molecule has 0 saturated heterocycles. The Labute approximate surface area is 154 Å². The molecule has 0 aromatic heterocycles. The number of unbranched alkanes of at least 4 members (excludes halogenated alkanes) is 1. The highest BCUT2D eigenvalue weighted by Crippen LogP contribution is 2.22. The quantitative estimate of drug-likeness (QED) is 0.604. The first-order valence-electron chi connectivity index (χ1n) is 9.12. The fraction of sp³-hybridized carbons (Fsp3) is 0.261. The lowest BCUT2D eigenvalue weighted by atomic mass is 10.0. The number of fused-ring (bicyclic) bond motifs is 1. The van der Waals surface area contributed by atoms with Gasteiger partial charge in [0, 0.05) is 6.42 Å². The van der Waals surface area contributed by atoms with E-state index in [0.717, 1.165) is 22.8 Å². The predicted octanol–water partition coefficient (Wildman–Crippen LogP) is 5.26. The molecule has 0 aliphatic carbocycles. The Morgan fingerprint density at radius 1 is 0.962 bits per heavy atom. The second-order valence-electron chi connectivity index (χ2n) is 6.58. The largest absolute Gasteiger partial charge is 0.478 e. The van der Waals surface area contributed by atoms with E-state index >= 15 is 0 Å². The lowest BCUT2D eigenvalue weighted by Gasteiger charge is -2.16. The summed E-state index contributed by atoms with van der Waals surface area (Å²) in [6.07, 6.45) is 2.84. The topological polar surface area (TPSA) is 46.5 Å². The fourth-order valence-electron chi connectivity index (χ4n) is 3.02. The third kappa shape index (κ3) is 4.63. The van der Waals surface area contributed by atoms with E-state index in [2.05, 4.69) is 19.1 Å². The molecule has 0 fully saturated rings. The van der Waals surface area contributed by atoms with Crippen LogP contribution in [0.1, 0.15) is 30.9 Å². The van der Waals surface area contributed by atoms with E-state index in [-0.39, 0.29) is 0 Å². The molecule has 0 spiro atoms. The van der Waals surface area contributed by atoms with Gasteiger partial charge in [-0.05, 0) is 46.9 Å². The summed E-state index contributed by atoms with van der Waals surface area (Å²) in [7, 11) is 0. The van der Waals surface area contributed by atoms with E-state index in [1.165, 1.54) is 18.4 Å². The molecule has 3 nitrogen and oxygen atoms in total. The first kappa shape index (κ1) is 18.0. The van der Waals surface area contributed by atoms with Crippen LogP contribution in [0.2, 0.25) is 0 Å². The van der Waals surface area contributed by atoms with Crippen LogP contribution in [0.5, 0.6) is 5.75 Å². The standard InChI is InChI=1S/C23H24O3/c1-2-3-6-17-9-11-18(12-10-17)15-22(23(24)25)26-21-14-13-19-7-4-5-8-20(19)16-21/h4-5,7-14,16,22H,2-3,6,15H2,1H3,(H,24,25)/t22-/m1/s1. The molecule has 0 saturated carbocycles. The summed E-state index contributed by atoms with van der Waals surface area (Å²) in [6, 6.07) is 21.8. The molecule has 3 aromatic rings. The van der Waals surface area contributed by atoms with Crippen molar-refractivity contribution in [3.05, 3.63) is 77.9 Å². The maximum atomic E-state index is 11.7. The van der Waals surface area contributed by atoms with Crippen LogP contribution in [-0.2, 0) is 17.6 Å². The summed E-state index contributed by atoms with van der Waals surface area (Å²) in [5, 5.41) is 11.7. The minimum Gasteiger partial charge on any atom is -0.478 e. The highest BCUT2D eigenvalue weighted by molar-refractivity contribution is 5.84. The fourth-order valence-corrected chi connectivity index (χ4v) is 3.02. The molecule has 3 aromatic carbocycles. The van der Waals surface area contributed by atoms with Gasteiger partial charge in [-0.25, -0.2) is 4.79 Å². The minimum absolute atomic E-state index is 0.343. The molecule has 134 valence electrons. The van der Waals surface area contributed by atoms with Crippen molar-refractivity contribution in [2.24, 2.45) is 0 Å². The summed E-state index contributed by atoms with van der Waals surface area (Å²) in [5.41, 5.74) is 2.26. The van der Waals surface area contributed by atoms with Crippen molar-refractivity contribution in [1.82, 2.24) is 0 Å². The number of benzene rings is 3. The zero-order valence-electron chi connectivity index (χ0n) is 15.0. The Hall–Kier alpha value is -2.81. The van der Waals surface area contributed by atoms with Crippen LogP contribution in [0.15, 0.2) is 66.7 Å². The molecular formula is C23H24O3. The highest BCUT2D eigenvalue weighted by atomic mass is 16.5. The number of ether oxygens (including phenoxy) is 1. The number of hydrogen-bond donors (Lipinski definition) is 1. The number of aryl methyl sites for hydroxylation is 1. The minimum atomic E-state index is -0.951. The summed E-state index contributed by atoms with van der Waals surface area (Å²) in [5.74, 6) is -0.371. The van der Waals surface area contributed by atoms with Gasteiger partial charge >= 0.3 is 5.97 Å². The van der Waals surface area contributed by atoms with E-state index in [1.54, 1.807) is 0 Å². The zero-order valence-corrected chi connectivity index (χ0v) is 15.0. The van der Waals surface area contributed by atoms with Crippen LogP contribution in [0, 0.1) is 0 Å². The van der Waals surface area contributed by atoms with Gasteiger partial charge in [0.1, 0.15) is 5.75 Å². The van der Waals surface area contributed by atoms with E-state index < -0.39 is 12.1 Å². The number of rotatable bonds is 8. The van der Waals surface area contributed by atoms with Crippen molar-refractivity contribution in [2.75, 3.05) is 0 Å². The van der Waals surface area contributed by atoms with Gasteiger partial charge in [-0.2, -0.15) is 0 Å². The summed E-state index contributed by atoms with van der Waals surface area (Å²) in [4.78, 5) is 11.7. The maximum absolute atomic E-state index is 11.7. The number of carboxylic acids is 1. The number of aliphatic carboxylic acids is 1. The second kappa shape index (κ2) is 8.52. The molecular weight excluding hydrogens is 324 g/mol. The van der Waals surface area contributed by atoms with Gasteiger partial charge in [0.25, 0.3) is 0 Å². The van der Waals surface area contributed by atoms with Gasteiger partial charge in [-0.15, -0.1) is 0 Å². The molecule has 0 bridgehead atoms. The second-order valence-corrected chi connectivity index (χ2v) is 6.58. The molecule has 1 N–H and O–H groups in total. The first-order chi connectivity index (χ1) is 12.7. The molecule has 0 heterocycles. The maximum Gasteiger partial charge on any atom is 0.345 e. The third-order valence-corrected chi connectivity index (χ3v) is 4.54. The molecule has 3 rings (SSSR count). The molecule has 0 unspecified atom stereocenters. The van der Waals surface area contributed by atoms with Crippen molar-refractivity contribution >= 4 is 16.7 Å². The average Bonchev–Trinajstić information content (AvgIpc) is 2.66. The van der Waals surface area contributed by atoms with Crippen LogP contribution in [-0.4, -0.2) is 17.2 Å². The molecule has 0 aliphatic rings. The molecule has 3 heteroatoms. The van der Waals surface area contributed by atoms with Crippen LogP contribution in [0.3, 0.4) is 0 Å². The Bertz CT molecular complexity index is 868. The highest BCUT2D eigenvalue weighted by Gasteiger charge is 2.20. The number of carbonyl (C=O) groups is 1. The van der Waals surface area contributed by atoms with Crippen molar-refractivity contribution < 1.29 is 14.6 Å². The van der Waals surface area contributed by atoms with Crippen LogP contribution >= 0.6 is 0 Å². The van der Waals surface area contributed by atoms with E-state index in [4.69, 9.17) is 4.74 Å². The number of hydrogen-bond acceptors (Lipinski definition) is 2.